The first-order chi connectivity index (χ1) is 8.65. The third kappa shape index (κ3) is 2.00. The van der Waals surface area contributed by atoms with E-state index in [-0.39, 0.29) is 6.10 Å². The van der Waals surface area contributed by atoms with Gasteiger partial charge in [-0.25, -0.2) is 0 Å². The minimum Gasteiger partial charge on any atom is -0.364 e. The summed E-state index contributed by atoms with van der Waals surface area (Å²) in [5, 5.41) is 6.49. The van der Waals surface area contributed by atoms with Crippen molar-refractivity contribution in [3.05, 3.63) is 28.9 Å². The van der Waals surface area contributed by atoms with E-state index in [1.165, 1.54) is 10.6 Å². The zero-order chi connectivity index (χ0) is 12.7. The van der Waals surface area contributed by atoms with Crippen LogP contribution in [-0.2, 0) is 11.3 Å². The molecule has 1 aromatic heterocycles. The molecule has 5 heteroatoms. The fourth-order valence-corrected chi connectivity index (χ4v) is 2.69. The third-order valence-electron chi connectivity index (χ3n) is 3.26. The number of nitrogens with one attached hydrogen (secondary N) is 1. The predicted molar refractivity (Wildman–Crippen MR) is 71.1 cm³/mol. The van der Waals surface area contributed by atoms with Crippen molar-refractivity contribution in [2.75, 3.05) is 27.2 Å². The lowest BCUT2D eigenvalue weighted by atomic mass is 10.1. The second kappa shape index (κ2) is 4.53. The van der Waals surface area contributed by atoms with Crippen molar-refractivity contribution in [3.8, 4) is 0 Å². The van der Waals surface area contributed by atoms with Crippen LogP contribution in [0.5, 0.6) is 0 Å². The van der Waals surface area contributed by atoms with Gasteiger partial charge in [-0.05, 0) is 18.2 Å². The molecule has 0 aliphatic carbocycles. The van der Waals surface area contributed by atoms with Crippen LogP contribution in [0.1, 0.15) is 11.8 Å². The summed E-state index contributed by atoms with van der Waals surface area (Å²) in [6, 6.07) is 5.85. The number of halogens is 1. The van der Waals surface area contributed by atoms with E-state index >= 15 is 0 Å². The molecule has 96 valence electrons. The average molecular weight is 267 g/mol. The second-order valence-electron chi connectivity index (χ2n) is 5.04. The Bertz CT molecular complexity index is 579. The highest BCUT2D eigenvalue weighted by Crippen LogP contribution is 2.30. The molecule has 1 aliphatic rings. The molecule has 1 aliphatic heterocycles. The molecule has 3 rings (SSSR count). The van der Waals surface area contributed by atoms with E-state index in [1.54, 1.807) is 0 Å². The van der Waals surface area contributed by atoms with Crippen molar-refractivity contribution >= 4 is 22.5 Å². The summed E-state index contributed by atoms with van der Waals surface area (Å²) in [7, 11) is 4.27. The number of nitrogens with zero attached hydrogens (tertiary/aromatic N) is 2. The Morgan fingerprint density at radius 3 is 3.11 bits per heavy atom. The van der Waals surface area contributed by atoms with Gasteiger partial charge in [0, 0.05) is 10.4 Å². The zero-order valence-electron chi connectivity index (χ0n) is 10.6. The minimum atomic E-state index is 0.104. The van der Waals surface area contributed by atoms with Crippen LogP contribution in [0.15, 0.2) is 18.2 Å². The SMILES string of the molecule is C[NH+](C)CC1OCCn2nc3ccc(Cl)cc3c21. The highest BCUT2D eigenvalue weighted by molar-refractivity contribution is 6.31. The summed E-state index contributed by atoms with van der Waals surface area (Å²) >= 11 is 6.09. The molecule has 4 nitrogen and oxygen atoms in total. The highest BCUT2D eigenvalue weighted by atomic mass is 35.5. The van der Waals surface area contributed by atoms with Crippen LogP contribution >= 0.6 is 11.6 Å². The van der Waals surface area contributed by atoms with Crippen molar-refractivity contribution in [2.45, 2.75) is 12.6 Å². The number of quaternary nitrogens is 1. The van der Waals surface area contributed by atoms with Gasteiger partial charge in [0.1, 0.15) is 12.6 Å². The third-order valence-corrected chi connectivity index (χ3v) is 3.50. The Morgan fingerprint density at radius 1 is 1.50 bits per heavy atom. The lowest BCUT2D eigenvalue weighted by Crippen LogP contribution is -3.06. The van der Waals surface area contributed by atoms with Crippen molar-refractivity contribution < 1.29 is 9.64 Å². The molecular weight excluding hydrogens is 250 g/mol. The van der Waals surface area contributed by atoms with Gasteiger partial charge in [-0.15, -0.1) is 0 Å². The van der Waals surface area contributed by atoms with Crippen molar-refractivity contribution in [2.24, 2.45) is 0 Å². The van der Waals surface area contributed by atoms with Crippen LogP contribution in [-0.4, -0.2) is 37.0 Å². The van der Waals surface area contributed by atoms with E-state index in [1.807, 2.05) is 18.2 Å². The zero-order valence-corrected chi connectivity index (χ0v) is 11.4. The van der Waals surface area contributed by atoms with Gasteiger partial charge in [0.05, 0.1) is 38.5 Å². The van der Waals surface area contributed by atoms with Crippen molar-refractivity contribution in [3.63, 3.8) is 0 Å². The number of rotatable bonds is 2. The fourth-order valence-electron chi connectivity index (χ4n) is 2.52. The molecule has 0 radical (unpaired) electrons. The molecule has 0 fully saturated rings. The number of aromatic nitrogens is 2. The first-order valence-electron chi connectivity index (χ1n) is 6.22. The summed E-state index contributed by atoms with van der Waals surface area (Å²) < 4.78 is 7.96. The summed E-state index contributed by atoms with van der Waals surface area (Å²) in [4.78, 5) is 1.37. The molecule has 1 unspecified atom stereocenters. The van der Waals surface area contributed by atoms with Crippen LogP contribution in [0, 0.1) is 0 Å². The van der Waals surface area contributed by atoms with Crippen molar-refractivity contribution in [1.29, 1.82) is 0 Å². The van der Waals surface area contributed by atoms with Gasteiger partial charge < -0.3 is 9.64 Å². The maximum Gasteiger partial charge on any atom is 0.148 e. The normalized spacial score (nSPS) is 19.4. The molecular formula is C13H17ClN3O+. The van der Waals surface area contributed by atoms with Crippen LogP contribution in [0.25, 0.3) is 10.9 Å². The van der Waals surface area contributed by atoms with Crippen molar-refractivity contribution in [1.82, 2.24) is 9.78 Å². The maximum absolute atomic E-state index is 6.09. The standard InChI is InChI=1S/C13H16ClN3O/c1-16(2)8-12-13-10-7-9(14)3-4-11(10)15-17(13)5-6-18-12/h3-4,7,12H,5-6,8H2,1-2H3/p+1. The molecule has 0 bridgehead atoms. The van der Waals surface area contributed by atoms with E-state index < -0.39 is 0 Å². The molecule has 2 aromatic rings. The minimum absolute atomic E-state index is 0.104. The van der Waals surface area contributed by atoms with Gasteiger partial charge in [0.25, 0.3) is 0 Å². The number of hydrogen-bond donors (Lipinski definition) is 1. The molecule has 0 amide bonds. The second-order valence-corrected chi connectivity index (χ2v) is 5.48. The van der Waals surface area contributed by atoms with E-state index in [9.17, 15) is 0 Å². The van der Waals surface area contributed by atoms with E-state index in [2.05, 4.69) is 23.9 Å². The summed E-state index contributed by atoms with van der Waals surface area (Å²) in [5.41, 5.74) is 2.17. The molecule has 1 atom stereocenters. The van der Waals surface area contributed by atoms with Crippen LogP contribution in [0.4, 0.5) is 0 Å². The van der Waals surface area contributed by atoms with Crippen LogP contribution in [0.2, 0.25) is 5.02 Å². The monoisotopic (exact) mass is 266 g/mol. The number of ether oxygens (including phenoxy) is 1. The van der Waals surface area contributed by atoms with Gasteiger partial charge in [-0.1, -0.05) is 11.6 Å². The predicted octanol–water partition coefficient (Wildman–Crippen LogP) is 0.906. The Balaban J connectivity index is 2.13. The van der Waals surface area contributed by atoms with Gasteiger partial charge in [0.2, 0.25) is 0 Å². The topological polar surface area (TPSA) is 31.5 Å². The van der Waals surface area contributed by atoms with Gasteiger partial charge in [0.15, 0.2) is 0 Å². The Kier molecular flexibility index (Phi) is 3.01. The summed E-state index contributed by atoms with van der Waals surface area (Å²) in [6.45, 7) is 2.49. The van der Waals surface area contributed by atoms with E-state index in [0.29, 0.717) is 0 Å². The van der Waals surface area contributed by atoms with Crippen LogP contribution < -0.4 is 4.90 Å². The number of hydrogen-bond acceptors (Lipinski definition) is 2. The Hall–Kier alpha value is -1.10. The summed E-state index contributed by atoms with van der Waals surface area (Å²) in [5.74, 6) is 0. The largest absolute Gasteiger partial charge is 0.364 e. The summed E-state index contributed by atoms with van der Waals surface area (Å²) in [6.07, 6.45) is 0.104. The molecule has 2 heterocycles. The molecule has 0 saturated carbocycles. The number of benzene rings is 1. The fraction of sp³-hybridized carbons (Fsp3) is 0.462. The quantitative estimate of drug-likeness (QED) is 0.876. The first kappa shape index (κ1) is 12.0. The average Bonchev–Trinajstić information content (AvgIpc) is 2.67. The van der Waals surface area contributed by atoms with Gasteiger partial charge in [-0.3, -0.25) is 4.68 Å². The Morgan fingerprint density at radius 2 is 2.33 bits per heavy atom. The first-order valence-corrected chi connectivity index (χ1v) is 6.59. The Labute approximate surface area is 111 Å². The van der Waals surface area contributed by atoms with Crippen LogP contribution in [0.3, 0.4) is 0 Å². The van der Waals surface area contributed by atoms with E-state index in [4.69, 9.17) is 16.3 Å². The van der Waals surface area contributed by atoms with Gasteiger partial charge in [-0.2, -0.15) is 5.10 Å². The van der Waals surface area contributed by atoms with E-state index in [0.717, 1.165) is 35.6 Å². The highest BCUT2D eigenvalue weighted by Gasteiger charge is 2.27. The molecule has 0 saturated heterocycles. The molecule has 1 N–H and O–H groups in total. The lowest BCUT2D eigenvalue weighted by Gasteiger charge is -2.25. The number of fused-ring (bicyclic) bond motifs is 3. The molecule has 1 aromatic carbocycles. The number of likely N-dealkylation sites (N-methyl/N-ethyl adjacent to an activating group) is 1. The van der Waals surface area contributed by atoms with Gasteiger partial charge >= 0.3 is 0 Å². The lowest BCUT2D eigenvalue weighted by molar-refractivity contribution is -0.862. The molecule has 18 heavy (non-hydrogen) atoms. The maximum atomic E-state index is 6.09. The molecule has 0 spiro atoms. The smallest absolute Gasteiger partial charge is 0.148 e.